The molecule has 2 atom stereocenters. The zero-order chi connectivity index (χ0) is 28.6. The number of aromatic hydroxyl groups is 1. The molecule has 0 aliphatic rings. The number of rotatable bonds is 20. The maximum Gasteiger partial charge on any atom is 0.695 e. The van der Waals surface area contributed by atoms with Crippen molar-refractivity contribution >= 4 is 8.25 Å². The molecule has 0 radical (unpaired) electrons. The zero-order valence-electron chi connectivity index (χ0n) is 25.9. The van der Waals surface area contributed by atoms with Gasteiger partial charge in [-0.3, -0.25) is 0 Å². The Hall–Kier alpha value is -0.960. The fourth-order valence-electron chi connectivity index (χ4n) is 5.25. The molecule has 0 aliphatic heterocycles. The van der Waals surface area contributed by atoms with E-state index in [2.05, 4.69) is 48.5 Å². The van der Waals surface area contributed by atoms with Crippen LogP contribution in [0.3, 0.4) is 0 Å². The Morgan fingerprint density at radius 2 is 1.03 bits per heavy atom. The van der Waals surface area contributed by atoms with Gasteiger partial charge in [0.15, 0.2) is 0 Å². The summed E-state index contributed by atoms with van der Waals surface area (Å²) < 4.78 is 17.2. The van der Waals surface area contributed by atoms with Gasteiger partial charge in [0.05, 0.1) is 0 Å². The molecule has 1 rings (SSSR count). The van der Waals surface area contributed by atoms with Crippen molar-refractivity contribution in [2.75, 3.05) is 0 Å². The molecule has 0 amide bonds. The van der Waals surface area contributed by atoms with Gasteiger partial charge in [0.2, 0.25) is 0 Å². The Morgan fingerprint density at radius 3 is 1.34 bits per heavy atom. The minimum Gasteiger partial charge on any atom is -0.507 e. The molecule has 38 heavy (non-hydrogen) atoms. The van der Waals surface area contributed by atoms with Gasteiger partial charge in [0.1, 0.15) is 11.9 Å². The van der Waals surface area contributed by atoms with Gasteiger partial charge in [-0.15, -0.1) is 9.42 Å². The molecule has 0 saturated carbocycles. The molecule has 0 fully saturated rings. The summed E-state index contributed by atoms with van der Waals surface area (Å²) in [5, 5.41) is 11.0. The molecule has 0 heterocycles. The maximum absolute atomic E-state index is 11.7. The Balaban J connectivity index is 2.45. The van der Waals surface area contributed by atoms with Crippen LogP contribution in [-0.2, 0) is 19.9 Å². The van der Waals surface area contributed by atoms with Crippen LogP contribution in [0, 0.1) is 0 Å². The molecular formula is C33H60O4P+. The summed E-state index contributed by atoms with van der Waals surface area (Å²) in [6.07, 6.45) is 21.4. The third kappa shape index (κ3) is 14.4. The second-order valence-electron chi connectivity index (χ2n) is 13.4. The van der Waals surface area contributed by atoms with Crippen molar-refractivity contribution in [1.82, 2.24) is 0 Å². The lowest BCUT2D eigenvalue weighted by atomic mass is 9.77. The number of benzene rings is 1. The molecule has 1 aromatic rings. The first-order valence-electron chi connectivity index (χ1n) is 15.6. The lowest BCUT2D eigenvalue weighted by Gasteiger charge is -2.29. The zero-order valence-corrected chi connectivity index (χ0v) is 26.8. The van der Waals surface area contributed by atoms with E-state index in [1.165, 1.54) is 89.9 Å². The average molecular weight is 552 g/mol. The standard InChI is InChI=1S/C33H59O4P/c1-8-9-10-11-12-13-14-15-16-17-18-19-20-21-22-23-24-30(37-38(35)36)27-25-28(32(2,3)4)31(34)29(26-27)33(5,6)7/h25-26,30H,8-24H2,1-7H3,(H-,34,35,36)/p+1. The van der Waals surface area contributed by atoms with Crippen molar-refractivity contribution < 1.29 is 19.1 Å². The molecule has 5 heteroatoms. The van der Waals surface area contributed by atoms with Crippen LogP contribution in [0.2, 0.25) is 0 Å². The first-order chi connectivity index (χ1) is 17.9. The number of hydrogen-bond acceptors (Lipinski definition) is 3. The van der Waals surface area contributed by atoms with E-state index < -0.39 is 14.4 Å². The number of hydrogen-bond donors (Lipinski definition) is 2. The van der Waals surface area contributed by atoms with E-state index in [-0.39, 0.29) is 10.8 Å². The molecular weight excluding hydrogens is 491 g/mol. The predicted molar refractivity (Wildman–Crippen MR) is 163 cm³/mol. The second kappa shape index (κ2) is 18.4. The van der Waals surface area contributed by atoms with E-state index in [9.17, 15) is 14.6 Å². The highest BCUT2D eigenvalue weighted by molar-refractivity contribution is 7.32. The van der Waals surface area contributed by atoms with Gasteiger partial charge in [0, 0.05) is 4.57 Å². The molecule has 0 aromatic heterocycles. The molecule has 4 nitrogen and oxygen atoms in total. The van der Waals surface area contributed by atoms with E-state index in [4.69, 9.17) is 4.52 Å². The molecule has 0 aliphatic carbocycles. The van der Waals surface area contributed by atoms with Crippen LogP contribution in [0.15, 0.2) is 12.1 Å². The van der Waals surface area contributed by atoms with E-state index >= 15 is 0 Å². The van der Waals surface area contributed by atoms with E-state index in [1.807, 2.05) is 12.1 Å². The van der Waals surface area contributed by atoms with Gasteiger partial charge >= 0.3 is 8.25 Å². The minimum atomic E-state index is -2.70. The Labute approximate surface area is 236 Å². The topological polar surface area (TPSA) is 66.8 Å². The molecule has 0 spiro atoms. The lowest BCUT2D eigenvalue weighted by Crippen LogP contribution is -2.18. The quantitative estimate of drug-likeness (QED) is 0.125. The fourth-order valence-corrected chi connectivity index (χ4v) is 5.70. The summed E-state index contributed by atoms with van der Waals surface area (Å²) in [6.45, 7) is 14.8. The SMILES string of the molecule is CCCCCCCCCCCCCCCCCCC(O[P+](=O)O)c1cc(C(C)(C)C)c(O)c(C(C)(C)C)c1. The monoisotopic (exact) mass is 551 g/mol. The molecule has 1 aromatic carbocycles. The van der Waals surface area contributed by atoms with E-state index in [0.717, 1.165) is 29.5 Å². The van der Waals surface area contributed by atoms with Crippen LogP contribution in [-0.4, -0.2) is 10.00 Å². The molecule has 0 bridgehead atoms. The average Bonchev–Trinajstić information content (AvgIpc) is 2.81. The van der Waals surface area contributed by atoms with Crippen molar-refractivity contribution in [2.24, 2.45) is 0 Å². The molecule has 0 saturated heterocycles. The van der Waals surface area contributed by atoms with Crippen molar-refractivity contribution in [2.45, 2.75) is 175 Å². The van der Waals surface area contributed by atoms with Gasteiger partial charge < -0.3 is 5.11 Å². The minimum absolute atomic E-state index is 0.250. The van der Waals surface area contributed by atoms with Crippen LogP contribution in [0.1, 0.15) is 180 Å². The fraction of sp³-hybridized carbons (Fsp3) is 0.818. The van der Waals surface area contributed by atoms with Crippen molar-refractivity contribution in [3.8, 4) is 5.75 Å². The normalized spacial score (nSPS) is 13.6. The first-order valence-corrected chi connectivity index (χ1v) is 16.7. The van der Waals surface area contributed by atoms with Crippen molar-refractivity contribution in [1.29, 1.82) is 0 Å². The van der Waals surface area contributed by atoms with Gasteiger partial charge in [-0.1, -0.05) is 151 Å². The van der Waals surface area contributed by atoms with Gasteiger partial charge in [-0.05, 0) is 46.1 Å². The van der Waals surface area contributed by atoms with Crippen LogP contribution >= 0.6 is 8.25 Å². The van der Waals surface area contributed by atoms with Crippen molar-refractivity contribution in [3.63, 3.8) is 0 Å². The van der Waals surface area contributed by atoms with Gasteiger partial charge in [-0.2, -0.15) is 0 Å². The molecule has 2 N–H and O–H groups in total. The number of phenolic OH excluding ortho intramolecular Hbond substituents is 1. The third-order valence-corrected chi connectivity index (χ3v) is 8.09. The van der Waals surface area contributed by atoms with Gasteiger partial charge in [0.25, 0.3) is 0 Å². The highest BCUT2D eigenvalue weighted by Gasteiger charge is 2.31. The predicted octanol–water partition coefficient (Wildman–Crippen LogP) is 11.3. The molecule has 2 unspecified atom stereocenters. The summed E-state index contributed by atoms with van der Waals surface area (Å²) >= 11 is 0. The Bertz CT molecular complexity index is 756. The van der Waals surface area contributed by atoms with Crippen LogP contribution in [0.4, 0.5) is 0 Å². The second-order valence-corrected chi connectivity index (χ2v) is 14.1. The summed E-state index contributed by atoms with van der Waals surface area (Å²) in [6, 6.07) is 3.95. The smallest absolute Gasteiger partial charge is 0.507 e. The number of unbranched alkanes of at least 4 members (excludes halogenated alkanes) is 15. The van der Waals surface area contributed by atoms with Crippen LogP contribution < -0.4 is 0 Å². The molecule has 220 valence electrons. The van der Waals surface area contributed by atoms with Gasteiger partial charge in [-0.25, -0.2) is 0 Å². The van der Waals surface area contributed by atoms with Crippen LogP contribution in [0.25, 0.3) is 0 Å². The highest BCUT2D eigenvalue weighted by atomic mass is 31.1. The largest absolute Gasteiger partial charge is 0.695 e. The maximum atomic E-state index is 11.7. The first kappa shape index (κ1) is 35.1. The summed E-state index contributed by atoms with van der Waals surface area (Å²) in [4.78, 5) is 9.57. The summed E-state index contributed by atoms with van der Waals surface area (Å²) in [5.41, 5.74) is 2.10. The lowest BCUT2D eigenvalue weighted by molar-refractivity contribution is 0.177. The van der Waals surface area contributed by atoms with Crippen molar-refractivity contribution in [3.05, 3.63) is 28.8 Å². The Kier molecular flexibility index (Phi) is 17.0. The third-order valence-electron chi connectivity index (χ3n) is 7.66. The Morgan fingerprint density at radius 1 is 0.684 bits per heavy atom. The highest BCUT2D eigenvalue weighted by Crippen LogP contribution is 2.43. The number of phenols is 1. The summed E-state index contributed by atoms with van der Waals surface area (Å²) in [5.74, 6) is 0.322. The van der Waals surface area contributed by atoms with Crippen LogP contribution in [0.5, 0.6) is 5.75 Å². The summed E-state index contributed by atoms with van der Waals surface area (Å²) in [7, 11) is -2.70. The van der Waals surface area contributed by atoms with E-state index in [1.54, 1.807) is 0 Å². The van der Waals surface area contributed by atoms with E-state index in [0.29, 0.717) is 12.2 Å².